The van der Waals surface area contributed by atoms with Crippen LogP contribution in [0.4, 0.5) is 0 Å². The third-order valence-corrected chi connectivity index (χ3v) is 3.32. The molecule has 1 atom stereocenters. The molecule has 2 aromatic rings. The summed E-state index contributed by atoms with van der Waals surface area (Å²) in [5.41, 5.74) is 0. The highest BCUT2D eigenvalue weighted by atomic mass is 32.1. The van der Waals surface area contributed by atoms with E-state index in [2.05, 4.69) is 10.3 Å². The number of likely N-dealkylation sites (N-methyl/N-ethyl adjacent to an activating group) is 1. The smallest absolute Gasteiger partial charge is 0.242 e. The van der Waals surface area contributed by atoms with Crippen molar-refractivity contribution in [2.75, 3.05) is 7.05 Å². The van der Waals surface area contributed by atoms with E-state index in [1.165, 1.54) is 0 Å². The Labute approximate surface area is 97.9 Å². The van der Waals surface area contributed by atoms with Gasteiger partial charge in [-0.1, -0.05) is 6.07 Å². The van der Waals surface area contributed by atoms with E-state index in [1.807, 2.05) is 35.2 Å². The number of hydrogen-bond acceptors (Lipinski definition) is 3. The summed E-state index contributed by atoms with van der Waals surface area (Å²) in [4.78, 5) is 16.9. The summed E-state index contributed by atoms with van der Waals surface area (Å²) in [5, 5.41) is 4.64. The highest BCUT2D eigenvalue weighted by molar-refractivity contribution is 7.13. The summed E-state index contributed by atoms with van der Waals surface area (Å²) in [6, 6.07) is 3.73. The first kappa shape index (κ1) is 10.9. The topological polar surface area (TPSA) is 46.9 Å². The molecule has 0 aliphatic carbocycles. The van der Waals surface area contributed by atoms with Gasteiger partial charge in [0, 0.05) is 19.4 Å². The summed E-state index contributed by atoms with van der Waals surface area (Å²) in [6.07, 6.45) is 3.55. The molecule has 0 aromatic carbocycles. The van der Waals surface area contributed by atoms with Crippen molar-refractivity contribution in [3.8, 4) is 10.7 Å². The Morgan fingerprint density at radius 2 is 2.44 bits per heavy atom. The molecule has 2 heterocycles. The molecule has 84 valence electrons. The minimum Gasteiger partial charge on any atom is -0.357 e. The number of imidazole rings is 1. The van der Waals surface area contributed by atoms with Crippen LogP contribution in [0.15, 0.2) is 29.9 Å². The molecular weight excluding hydrogens is 222 g/mol. The number of nitrogens with zero attached hydrogens (tertiary/aromatic N) is 2. The summed E-state index contributed by atoms with van der Waals surface area (Å²) in [5.74, 6) is 0.821. The summed E-state index contributed by atoms with van der Waals surface area (Å²) < 4.78 is 1.88. The zero-order chi connectivity index (χ0) is 11.5. The Hall–Kier alpha value is -1.62. The molecule has 16 heavy (non-hydrogen) atoms. The van der Waals surface area contributed by atoms with Crippen LogP contribution in [-0.2, 0) is 4.79 Å². The van der Waals surface area contributed by atoms with Crippen molar-refractivity contribution < 1.29 is 4.79 Å². The Kier molecular flexibility index (Phi) is 3.05. The van der Waals surface area contributed by atoms with E-state index in [4.69, 9.17) is 0 Å². The predicted molar refractivity (Wildman–Crippen MR) is 64.3 cm³/mol. The standard InChI is InChI=1S/C11H13N3OS/c1-8(11(15)12-2)14-6-5-13-10(14)9-4-3-7-16-9/h3-8H,1-2H3,(H,12,15). The Balaban J connectivity index is 2.36. The molecule has 0 saturated carbocycles. The van der Waals surface area contributed by atoms with Crippen molar-refractivity contribution >= 4 is 17.2 Å². The summed E-state index contributed by atoms with van der Waals surface area (Å²) in [7, 11) is 1.64. The zero-order valence-corrected chi connectivity index (χ0v) is 9.99. The first-order valence-electron chi connectivity index (χ1n) is 5.02. The normalized spacial score (nSPS) is 12.4. The number of thiophene rings is 1. The molecule has 2 rings (SSSR count). The van der Waals surface area contributed by atoms with Gasteiger partial charge in [-0.15, -0.1) is 11.3 Å². The van der Waals surface area contributed by atoms with Gasteiger partial charge in [0.2, 0.25) is 5.91 Å². The molecule has 0 aliphatic heterocycles. The van der Waals surface area contributed by atoms with Gasteiger partial charge in [0.1, 0.15) is 6.04 Å². The molecule has 1 amide bonds. The lowest BCUT2D eigenvalue weighted by atomic mass is 10.3. The number of amides is 1. The van der Waals surface area contributed by atoms with Crippen LogP contribution < -0.4 is 5.32 Å². The maximum absolute atomic E-state index is 11.6. The monoisotopic (exact) mass is 235 g/mol. The highest BCUT2D eigenvalue weighted by Gasteiger charge is 2.17. The number of aromatic nitrogens is 2. The molecule has 0 fully saturated rings. The van der Waals surface area contributed by atoms with Crippen LogP contribution >= 0.6 is 11.3 Å². The Bertz CT molecular complexity index is 475. The second-order valence-electron chi connectivity index (χ2n) is 3.43. The molecule has 2 aromatic heterocycles. The van der Waals surface area contributed by atoms with Gasteiger partial charge in [0.05, 0.1) is 4.88 Å². The van der Waals surface area contributed by atoms with Gasteiger partial charge >= 0.3 is 0 Å². The van der Waals surface area contributed by atoms with Crippen LogP contribution in [0.1, 0.15) is 13.0 Å². The van der Waals surface area contributed by atoms with Crippen LogP contribution in [0.2, 0.25) is 0 Å². The zero-order valence-electron chi connectivity index (χ0n) is 9.18. The van der Waals surface area contributed by atoms with Crippen LogP contribution in [0.25, 0.3) is 10.7 Å². The number of rotatable bonds is 3. The van der Waals surface area contributed by atoms with Gasteiger partial charge in [-0.25, -0.2) is 4.98 Å². The van der Waals surface area contributed by atoms with Crippen LogP contribution in [-0.4, -0.2) is 22.5 Å². The number of hydrogen-bond donors (Lipinski definition) is 1. The lowest BCUT2D eigenvalue weighted by Gasteiger charge is -2.13. The van der Waals surface area contributed by atoms with Crippen molar-refractivity contribution in [1.29, 1.82) is 0 Å². The molecule has 0 bridgehead atoms. The first-order chi connectivity index (χ1) is 7.74. The van der Waals surface area contributed by atoms with Crippen LogP contribution in [0.5, 0.6) is 0 Å². The largest absolute Gasteiger partial charge is 0.357 e. The average molecular weight is 235 g/mol. The van der Waals surface area contributed by atoms with Crippen molar-refractivity contribution in [3.05, 3.63) is 29.9 Å². The fourth-order valence-electron chi connectivity index (χ4n) is 1.56. The maximum Gasteiger partial charge on any atom is 0.242 e. The average Bonchev–Trinajstić information content (AvgIpc) is 2.95. The van der Waals surface area contributed by atoms with Crippen molar-refractivity contribution in [2.45, 2.75) is 13.0 Å². The van der Waals surface area contributed by atoms with E-state index < -0.39 is 0 Å². The minimum atomic E-state index is -0.246. The molecule has 4 nitrogen and oxygen atoms in total. The van der Waals surface area contributed by atoms with E-state index in [1.54, 1.807) is 24.6 Å². The van der Waals surface area contributed by atoms with Gasteiger partial charge in [0.15, 0.2) is 5.82 Å². The Morgan fingerprint density at radius 1 is 1.62 bits per heavy atom. The SMILES string of the molecule is CNC(=O)C(C)n1ccnc1-c1cccs1. The lowest BCUT2D eigenvalue weighted by molar-refractivity contribution is -0.123. The predicted octanol–water partition coefficient (Wildman–Crippen LogP) is 1.92. The number of nitrogens with one attached hydrogen (secondary N) is 1. The molecule has 5 heteroatoms. The second kappa shape index (κ2) is 4.49. The first-order valence-corrected chi connectivity index (χ1v) is 5.90. The molecular formula is C11H13N3OS. The molecule has 1 unspecified atom stereocenters. The summed E-state index contributed by atoms with van der Waals surface area (Å²) in [6.45, 7) is 1.86. The molecule has 0 spiro atoms. The van der Waals surface area contributed by atoms with Gasteiger partial charge < -0.3 is 9.88 Å². The van der Waals surface area contributed by atoms with Crippen LogP contribution in [0, 0.1) is 0 Å². The molecule has 0 aliphatic rings. The highest BCUT2D eigenvalue weighted by Crippen LogP contribution is 2.25. The van der Waals surface area contributed by atoms with Crippen LogP contribution in [0.3, 0.4) is 0 Å². The Morgan fingerprint density at radius 3 is 3.06 bits per heavy atom. The third kappa shape index (κ3) is 1.86. The van der Waals surface area contributed by atoms with Gasteiger partial charge in [-0.05, 0) is 18.4 Å². The molecule has 0 saturated heterocycles. The van der Waals surface area contributed by atoms with Crippen molar-refractivity contribution in [2.24, 2.45) is 0 Å². The van der Waals surface area contributed by atoms with E-state index in [0.717, 1.165) is 10.7 Å². The van der Waals surface area contributed by atoms with Crippen molar-refractivity contribution in [1.82, 2.24) is 14.9 Å². The van der Waals surface area contributed by atoms with E-state index >= 15 is 0 Å². The number of carbonyl (C=O) groups is 1. The van der Waals surface area contributed by atoms with E-state index in [0.29, 0.717) is 0 Å². The minimum absolute atomic E-state index is 0.0178. The van der Waals surface area contributed by atoms with Gasteiger partial charge in [-0.3, -0.25) is 4.79 Å². The third-order valence-electron chi connectivity index (χ3n) is 2.45. The van der Waals surface area contributed by atoms with Gasteiger partial charge in [-0.2, -0.15) is 0 Å². The maximum atomic E-state index is 11.6. The lowest BCUT2D eigenvalue weighted by Crippen LogP contribution is -2.27. The number of carbonyl (C=O) groups excluding carboxylic acids is 1. The fourth-order valence-corrected chi connectivity index (χ4v) is 2.28. The molecule has 0 radical (unpaired) electrons. The van der Waals surface area contributed by atoms with Crippen molar-refractivity contribution in [3.63, 3.8) is 0 Å². The van der Waals surface area contributed by atoms with E-state index in [-0.39, 0.29) is 11.9 Å². The fraction of sp³-hybridized carbons (Fsp3) is 0.273. The van der Waals surface area contributed by atoms with Gasteiger partial charge in [0.25, 0.3) is 0 Å². The summed E-state index contributed by atoms with van der Waals surface area (Å²) >= 11 is 1.62. The quantitative estimate of drug-likeness (QED) is 0.883. The molecule has 1 N–H and O–H groups in total. The van der Waals surface area contributed by atoms with E-state index in [9.17, 15) is 4.79 Å². The second-order valence-corrected chi connectivity index (χ2v) is 4.37.